The second kappa shape index (κ2) is 7.51. The Morgan fingerprint density at radius 3 is 2.96 bits per heavy atom. The van der Waals surface area contributed by atoms with E-state index in [0.29, 0.717) is 25.7 Å². The van der Waals surface area contributed by atoms with Gasteiger partial charge in [0.15, 0.2) is 0 Å². The third-order valence-corrected chi connectivity index (χ3v) is 3.99. The van der Waals surface area contributed by atoms with Gasteiger partial charge in [0.2, 0.25) is 11.8 Å². The van der Waals surface area contributed by atoms with Gasteiger partial charge in [-0.1, -0.05) is 6.07 Å². The highest BCUT2D eigenvalue weighted by atomic mass is 16.5. The quantitative estimate of drug-likeness (QED) is 0.864. The van der Waals surface area contributed by atoms with Crippen molar-refractivity contribution in [3.63, 3.8) is 0 Å². The summed E-state index contributed by atoms with van der Waals surface area (Å²) in [4.78, 5) is 20.1. The summed E-state index contributed by atoms with van der Waals surface area (Å²) in [5.41, 5.74) is 4.28. The predicted molar refractivity (Wildman–Crippen MR) is 98.0 cm³/mol. The van der Waals surface area contributed by atoms with Crippen LogP contribution < -0.4 is 10.1 Å². The fraction of sp³-hybridized carbons (Fsp3) is 0.421. The number of fused-ring (bicyclic) bond motifs is 1. The average Bonchev–Trinajstić information content (AvgIpc) is 3.18. The summed E-state index contributed by atoms with van der Waals surface area (Å²) in [7, 11) is 0. The van der Waals surface area contributed by atoms with Crippen molar-refractivity contribution < 1.29 is 14.3 Å². The fourth-order valence-electron chi connectivity index (χ4n) is 2.87. The molecule has 0 radical (unpaired) electrons. The molecule has 132 valence electrons. The molecule has 0 bridgehead atoms. The van der Waals surface area contributed by atoms with E-state index in [0.717, 1.165) is 29.1 Å². The summed E-state index contributed by atoms with van der Waals surface area (Å²) in [6.07, 6.45) is 2.74. The Morgan fingerprint density at radius 2 is 2.20 bits per heavy atom. The molecule has 6 nitrogen and oxygen atoms in total. The van der Waals surface area contributed by atoms with E-state index in [1.807, 2.05) is 32.1 Å². The molecule has 25 heavy (non-hydrogen) atoms. The number of nitrogens with zero attached hydrogens (tertiary/aromatic N) is 2. The number of nitrogens with one attached hydrogen (secondary N) is 1. The maximum absolute atomic E-state index is 11.0. The lowest BCUT2D eigenvalue weighted by Crippen LogP contribution is -2.34. The van der Waals surface area contributed by atoms with Crippen molar-refractivity contribution in [1.82, 2.24) is 5.32 Å². The molecule has 0 unspecified atom stereocenters. The van der Waals surface area contributed by atoms with Crippen LogP contribution in [0.15, 0.2) is 39.8 Å². The maximum atomic E-state index is 11.0. The van der Waals surface area contributed by atoms with Gasteiger partial charge < -0.3 is 14.8 Å². The first-order chi connectivity index (χ1) is 12.0. The fourth-order valence-corrected chi connectivity index (χ4v) is 2.87. The lowest BCUT2D eigenvalue weighted by atomic mass is 10.0. The van der Waals surface area contributed by atoms with Crippen molar-refractivity contribution in [1.29, 1.82) is 0 Å². The van der Waals surface area contributed by atoms with Gasteiger partial charge in [0.1, 0.15) is 12.4 Å². The van der Waals surface area contributed by atoms with E-state index >= 15 is 0 Å². The minimum Gasteiger partial charge on any atom is -0.494 e. The van der Waals surface area contributed by atoms with Gasteiger partial charge in [-0.05, 0) is 25.5 Å². The molecule has 0 spiro atoms. The van der Waals surface area contributed by atoms with Crippen molar-refractivity contribution in [2.45, 2.75) is 33.2 Å². The Morgan fingerprint density at radius 1 is 1.36 bits per heavy atom. The molecule has 2 heterocycles. The van der Waals surface area contributed by atoms with Gasteiger partial charge in [-0.3, -0.25) is 9.79 Å². The number of ether oxygens (including phenoxy) is 2. The first kappa shape index (κ1) is 17.2. The van der Waals surface area contributed by atoms with E-state index < -0.39 is 0 Å². The molecule has 0 saturated carbocycles. The lowest BCUT2D eigenvalue weighted by molar-refractivity contribution is -0.119. The van der Waals surface area contributed by atoms with E-state index in [9.17, 15) is 4.79 Å². The molecular formula is C19H23N3O3. The smallest absolute Gasteiger partial charge is 0.217 e. The van der Waals surface area contributed by atoms with Crippen molar-refractivity contribution in [2.75, 3.05) is 19.8 Å². The van der Waals surface area contributed by atoms with Crippen LogP contribution in [0, 0.1) is 0 Å². The van der Waals surface area contributed by atoms with E-state index in [-0.39, 0.29) is 11.9 Å². The number of carbonyl (C=O) groups excluding carboxylic acids is 1. The van der Waals surface area contributed by atoms with E-state index in [4.69, 9.17) is 14.5 Å². The number of hydrogen-bond acceptors (Lipinski definition) is 5. The minimum absolute atomic E-state index is 0.0530. The Hall–Kier alpha value is -2.63. The van der Waals surface area contributed by atoms with Crippen LogP contribution in [0.5, 0.6) is 5.75 Å². The van der Waals surface area contributed by atoms with Gasteiger partial charge in [0.25, 0.3) is 0 Å². The molecule has 2 aliphatic heterocycles. The van der Waals surface area contributed by atoms with Gasteiger partial charge in [-0.25, -0.2) is 4.99 Å². The zero-order chi connectivity index (χ0) is 17.8. The summed E-state index contributed by atoms with van der Waals surface area (Å²) < 4.78 is 11.2. The maximum Gasteiger partial charge on any atom is 0.217 e. The van der Waals surface area contributed by atoms with E-state index in [1.54, 1.807) is 0 Å². The Kier molecular flexibility index (Phi) is 5.16. The van der Waals surface area contributed by atoms with Crippen molar-refractivity contribution in [2.24, 2.45) is 9.98 Å². The number of benzene rings is 1. The molecule has 1 atom stereocenters. The largest absolute Gasteiger partial charge is 0.494 e. The summed E-state index contributed by atoms with van der Waals surface area (Å²) in [6.45, 7) is 6.98. The normalized spacial score (nSPS) is 16.5. The minimum atomic E-state index is -0.0646. The Bertz CT molecular complexity index is 765. The topological polar surface area (TPSA) is 72.3 Å². The first-order valence-corrected chi connectivity index (χ1v) is 8.53. The molecule has 2 aliphatic rings. The van der Waals surface area contributed by atoms with Crippen LogP contribution in [0.25, 0.3) is 0 Å². The van der Waals surface area contributed by atoms with Gasteiger partial charge in [-0.2, -0.15) is 0 Å². The molecule has 0 fully saturated rings. The molecule has 1 amide bonds. The Balaban J connectivity index is 1.60. The summed E-state index contributed by atoms with van der Waals surface area (Å²) >= 11 is 0. The average molecular weight is 341 g/mol. The van der Waals surface area contributed by atoms with E-state index in [1.165, 1.54) is 12.5 Å². The van der Waals surface area contributed by atoms with E-state index in [2.05, 4.69) is 16.4 Å². The standard InChI is InChI=1S/C19H23N3O3/c1-4-24-16-6-5-14-7-17(22-18(14)9-16)15-8-19(20-10-15)25-11-12(2)21-13(3)23/h5-6,8-9,12H,4,7,10-11H2,1-3H3,(H,21,23)/t12-/m0/s1. The van der Waals surface area contributed by atoms with Crippen LogP contribution in [0.4, 0.5) is 5.69 Å². The molecule has 3 rings (SSSR count). The zero-order valence-electron chi connectivity index (χ0n) is 14.8. The summed E-state index contributed by atoms with van der Waals surface area (Å²) in [6, 6.07) is 5.98. The monoisotopic (exact) mass is 341 g/mol. The SMILES string of the molecule is CCOc1ccc2c(c1)N=C(C1=CC(OC[C@H](C)NC(C)=O)=NC1)C2. The molecule has 6 heteroatoms. The molecular weight excluding hydrogens is 318 g/mol. The third-order valence-electron chi connectivity index (χ3n) is 3.99. The summed E-state index contributed by atoms with van der Waals surface area (Å²) in [5, 5.41) is 2.79. The lowest BCUT2D eigenvalue weighted by Gasteiger charge is -2.12. The molecule has 1 N–H and O–H groups in total. The highest BCUT2D eigenvalue weighted by Crippen LogP contribution is 2.33. The zero-order valence-corrected chi connectivity index (χ0v) is 14.8. The summed E-state index contributed by atoms with van der Waals surface area (Å²) in [5.74, 6) is 1.38. The highest BCUT2D eigenvalue weighted by Gasteiger charge is 2.21. The molecule has 0 aliphatic carbocycles. The van der Waals surface area contributed by atoms with Gasteiger partial charge in [0, 0.05) is 31.1 Å². The highest BCUT2D eigenvalue weighted by molar-refractivity contribution is 6.11. The van der Waals surface area contributed by atoms with Gasteiger partial charge in [0.05, 0.1) is 30.6 Å². The predicted octanol–water partition coefficient (Wildman–Crippen LogP) is 2.59. The second-order valence-electron chi connectivity index (χ2n) is 6.20. The molecule has 0 aromatic heterocycles. The number of carbonyl (C=O) groups is 1. The second-order valence-corrected chi connectivity index (χ2v) is 6.20. The molecule has 0 saturated heterocycles. The molecule has 1 aromatic rings. The van der Waals surface area contributed by atoms with Crippen LogP contribution in [0.3, 0.4) is 0 Å². The number of aliphatic imine (C=N–C) groups is 2. The van der Waals surface area contributed by atoms with Crippen LogP contribution in [-0.2, 0) is 16.0 Å². The van der Waals surface area contributed by atoms with Crippen LogP contribution in [0.1, 0.15) is 26.3 Å². The van der Waals surface area contributed by atoms with Gasteiger partial charge in [-0.15, -0.1) is 0 Å². The number of rotatable bonds is 6. The third kappa shape index (κ3) is 4.26. The van der Waals surface area contributed by atoms with Crippen molar-refractivity contribution in [3.05, 3.63) is 35.4 Å². The van der Waals surface area contributed by atoms with Crippen molar-refractivity contribution >= 4 is 23.2 Å². The van der Waals surface area contributed by atoms with Crippen LogP contribution >= 0.6 is 0 Å². The first-order valence-electron chi connectivity index (χ1n) is 8.53. The van der Waals surface area contributed by atoms with Crippen molar-refractivity contribution in [3.8, 4) is 5.75 Å². The van der Waals surface area contributed by atoms with Crippen LogP contribution in [0.2, 0.25) is 0 Å². The Labute approximate surface area is 147 Å². The number of amides is 1. The molecule has 1 aromatic carbocycles. The van der Waals surface area contributed by atoms with Crippen LogP contribution in [-0.4, -0.2) is 43.3 Å². The number of hydrogen-bond donors (Lipinski definition) is 1. The van der Waals surface area contributed by atoms with Gasteiger partial charge >= 0.3 is 0 Å².